The summed E-state index contributed by atoms with van der Waals surface area (Å²) in [5.41, 5.74) is 0.853. The van der Waals surface area contributed by atoms with Gasteiger partial charge in [0.15, 0.2) is 5.79 Å². The van der Waals surface area contributed by atoms with Gasteiger partial charge >= 0.3 is 10.3 Å². The van der Waals surface area contributed by atoms with Crippen molar-refractivity contribution in [3.05, 3.63) is 35.9 Å². The predicted molar refractivity (Wildman–Crippen MR) is 84.6 cm³/mol. The Bertz CT molecular complexity index is 613. The molecule has 1 N–H and O–H groups in total. The topological polar surface area (TPSA) is 73.9 Å². The van der Waals surface area contributed by atoms with Crippen molar-refractivity contribution in [1.82, 2.24) is 4.72 Å². The summed E-state index contributed by atoms with van der Waals surface area (Å²) >= 11 is 0. The molecule has 0 amide bonds. The van der Waals surface area contributed by atoms with Gasteiger partial charge in [-0.15, -0.1) is 0 Å². The highest BCUT2D eigenvalue weighted by atomic mass is 32.2. The molecule has 2 atom stereocenters. The standard InChI is InChI=1S/C16H23NO5S/c1-2-17-23(18,19)22-15-14(13-9-5-3-6-10-13)20-16(21-15)11-7-4-8-12-16/h3,5-6,9-10,14-15,17H,2,4,7-8,11-12H2,1H3. The fourth-order valence-corrected chi connectivity index (χ4v) is 4.00. The molecule has 1 heterocycles. The van der Waals surface area contributed by atoms with Crippen molar-refractivity contribution in [1.29, 1.82) is 0 Å². The molecule has 0 aromatic heterocycles. The first-order valence-corrected chi connectivity index (χ1v) is 9.53. The van der Waals surface area contributed by atoms with Crippen LogP contribution >= 0.6 is 0 Å². The second kappa shape index (κ2) is 6.86. The predicted octanol–water partition coefficient (Wildman–Crippen LogP) is 2.63. The molecule has 1 aromatic carbocycles. The van der Waals surface area contributed by atoms with Crippen LogP contribution in [0.15, 0.2) is 30.3 Å². The molecular formula is C16H23NO5S. The van der Waals surface area contributed by atoms with Crippen LogP contribution in [-0.2, 0) is 24.0 Å². The van der Waals surface area contributed by atoms with E-state index in [0.29, 0.717) is 0 Å². The zero-order valence-electron chi connectivity index (χ0n) is 13.2. The van der Waals surface area contributed by atoms with Gasteiger partial charge in [0.25, 0.3) is 0 Å². The van der Waals surface area contributed by atoms with E-state index in [0.717, 1.165) is 37.7 Å². The molecule has 2 aliphatic rings. The average molecular weight is 341 g/mol. The Morgan fingerprint density at radius 3 is 2.52 bits per heavy atom. The Labute approximate surface area is 137 Å². The second-order valence-electron chi connectivity index (χ2n) is 5.95. The van der Waals surface area contributed by atoms with E-state index in [-0.39, 0.29) is 6.54 Å². The minimum Gasteiger partial charge on any atom is -0.337 e. The van der Waals surface area contributed by atoms with Gasteiger partial charge < -0.3 is 9.47 Å². The van der Waals surface area contributed by atoms with Gasteiger partial charge in [-0.2, -0.15) is 13.1 Å². The average Bonchev–Trinajstić information content (AvgIpc) is 2.86. The SMILES string of the molecule is CCNS(=O)(=O)OC1OC2(CCCCC2)OC1c1ccccc1. The van der Waals surface area contributed by atoms with Gasteiger partial charge in [-0.1, -0.05) is 43.7 Å². The highest BCUT2D eigenvalue weighted by Crippen LogP contribution is 2.46. The zero-order valence-corrected chi connectivity index (χ0v) is 14.1. The van der Waals surface area contributed by atoms with Crippen molar-refractivity contribution in [2.75, 3.05) is 6.54 Å². The van der Waals surface area contributed by atoms with Crippen LogP contribution in [0.2, 0.25) is 0 Å². The molecule has 0 bridgehead atoms. The van der Waals surface area contributed by atoms with Gasteiger partial charge in [-0.05, 0) is 18.4 Å². The summed E-state index contributed by atoms with van der Waals surface area (Å²) in [6.45, 7) is 1.96. The van der Waals surface area contributed by atoms with Crippen LogP contribution in [0.25, 0.3) is 0 Å². The lowest BCUT2D eigenvalue weighted by Gasteiger charge is -2.31. The van der Waals surface area contributed by atoms with Gasteiger partial charge in [-0.3, -0.25) is 0 Å². The molecule has 1 spiro atoms. The number of rotatable bonds is 5. The van der Waals surface area contributed by atoms with Crippen molar-refractivity contribution < 1.29 is 22.1 Å². The third-order valence-corrected chi connectivity index (χ3v) is 5.29. The Balaban J connectivity index is 1.84. The van der Waals surface area contributed by atoms with Crippen LogP contribution in [0.5, 0.6) is 0 Å². The van der Waals surface area contributed by atoms with Crippen LogP contribution in [0.3, 0.4) is 0 Å². The first-order chi connectivity index (χ1) is 11.0. The van der Waals surface area contributed by atoms with Gasteiger partial charge in [0.2, 0.25) is 6.29 Å². The maximum absolute atomic E-state index is 12.0. The lowest BCUT2D eigenvalue weighted by Crippen LogP contribution is -2.35. The smallest absolute Gasteiger partial charge is 0.337 e. The molecule has 2 unspecified atom stereocenters. The van der Waals surface area contributed by atoms with E-state index in [2.05, 4.69) is 4.72 Å². The van der Waals surface area contributed by atoms with E-state index in [9.17, 15) is 8.42 Å². The molecular weight excluding hydrogens is 318 g/mol. The Hall–Kier alpha value is -0.990. The minimum atomic E-state index is -3.87. The Kier molecular flexibility index (Phi) is 5.03. The normalized spacial score (nSPS) is 27.3. The summed E-state index contributed by atoms with van der Waals surface area (Å²) in [5, 5.41) is 0. The van der Waals surface area contributed by atoms with Crippen LogP contribution < -0.4 is 4.72 Å². The molecule has 1 aliphatic heterocycles. The molecule has 1 saturated carbocycles. The van der Waals surface area contributed by atoms with Crippen LogP contribution in [0, 0.1) is 0 Å². The molecule has 23 heavy (non-hydrogen) atoms. The van der Waals surface area contributed by atoms with E-state index in [1.54, 1.807) is 6.92 Å². The number of hydrogen-bond donors (Lipinski definition) is 1. The van der Waals surface area contributed by atoms with Gasteiger partial charge in [0.1, 0.15) is 6.10 Å². The lowest BCUT2D eigenvalue weighted by molar-refractivity contribution is -0.210. The summed E-state index contributed by atoms with van der Waals surface area (Å²) in [6.07, 6.45) is 3.16. The summed E-state index contributed by atoms with van der Waals surface area (Å²) in [6, 6.07) is 9.47. The van der Waals surface area contributed by atoms with Gasteiger partial charge in [0, 0.05) is 19.4 Å². The van der Waals surface area contributed by atoms with Crippen LogP contribution in [-0.4, -0.2) is 27.0 Å². The largest absolute Gasteiger partial charge is 0.338 e. The number of ether oxygens (including phenoxy) is 2. The fraction of sp³-hybridized carbons (Fsp3) is 0.625. The summed E-state index contributed by atoms with van der Waals surface area (Å²) in [5.74, 6) is -0.731. The third-order valence-electron chi connectivity index (χ3n) is 4.21. The first kappa shape index (κ1) is 16.9. The third kappa shape index (κ3) is 3.92. The maximum Gasteiger partial charge on any atom is 0.338 e. The lowest BCUT2D eigenvalue weighted by atomic mass is 9.94. The monoisotopic (exact) mass is 341 g/mol. The molecule has 1 aromatic rings. The maximum atomic E-state index is 12.0. The fourth-order valence-electron chi connectivity index (χ4n) is 3.19. The van der Waals surface area contributed by atoms with E-state index < -0.39 is 28.5 Å². The van der Waals surface area contributed by atoms with Crippen molar-refractivity contribution in [3.63, 3.8) is 0 Å². The summed E-state index contributed by atoms with van der Waals surface area (Å²) in [4.78, 5) is 0. The second-order valence-corrected chi connectivity index (χ2v) is 7.34. The molecule has 3 rings (SSSR count). The first-order valence-electron chi connectivity index (χ1n) is 8.12. The number of nitrogens with one attached hydrogen (secondary N) is 1. The molecule has 1 aliphatic carbocycles. The summed E-state index contributed by atoms with van der Waals surface area (Å²) in [7, 11) is -3.87. The molecule has 7 heteroatoms. The zero-order chi connectivity index (χ0) is 16.3. The van der Waals surface area contributed by atoms with Crippen LogP contribution in [0.1, 0.15) is 50.7 Å². The highest BCUT2D eigenvalue weighted by Gasteiger charge is 2.50. The van der Waals surface area contributed by atoms with Crippen molar-refractivity contribution in [2.24, 2.45) is 0 Å². The van der Waals surface area contributed by atoms with E-state index in [1.807, 2.05) is 30.3 Å². The summed E-state index contributed by atoms with van der Waals surface area (Å²) < 4.78 is 43.7. The quantitative estimate of drug-likeness (QED) is 0.891. The molecule has 1 saturated heterocycles. The molecule has 2 fully saturated rings. The molecule has 6 nitrogen and oxygen atoms in total. The van der Waals surface area contributed by atoms with Gasteiger partial charge in [-0.25, -0.2) is 4.18 Å². The highest BCUT2D eigenvalue weighted by molar-refractivity contribution is 7.84. The van der Waals surface area contributed by atoms with E-state index in [4.69, 9.17) is 13.7 Å². The van der Waals surface area contributed by atoms with Crippen LogP contribution in [0.4, 0.5) is 0 Å². The van der Waals surface area contributed by atoms with Crippen molar-refractivity contribution >= 4 is 10.3 Å². The van der Waals surface area contributed by atoms with Crippen molar-refractivity contribution in [3.8, 4) is 0 Å². The van der Waals surface area contributed by atoms with E-state index in [1.165, 1.54) is 0 Å². The minimum absolute atomic E-state index is 0.261. The number of benzene rings is 1. The Morgan fingerprint density at radius 2 is 1.87 bits per heavy atom. The van der Waals surface area contributed by atoms with Gasteiger partial charge in [0.05, 0.1) is 0 Å². The number of hydrogen-bond acceptors (Lipinski definition) is 5. The molecule has 128 valence electrons. The van der Waals surface area contributed by atoms with E-state index >= 15 is 0 Å². The molecule has 0 radical (unpaired) electrons. The van der Waals surface area contributed by atoms with Crippen molar-refractivity contribution in [2.45, 2.75) is 57.2 Å². The Morgan fingerprint density at radius 1 is 1.17 bits per heavy atom.